The van der Waals surface area contributed by atoms with Crippen LogP contribution < -0.4 is 10.6 Å². The van der Waals surface area contributed by atoms with Crippen LogP contribution in [0.25, 0.3) is 0 Å². The molecule has 19 heavy (non-hydrogen) atoms. The number of hydrogen-bond donors (Lipinski definition) is 2. The Morgan fingerprint density at radius 3 is 2.37 bits per heavy atom. The second-order valence-corrected chi connectivity index (χ2v) is 5.10. The summed E-state index contributed by atoms with van der Waals surface area (Å²) in [5, 5.41) is 6.25. The molecule has 0 aromatic heterocycles. The molecule has 0 spiro atoms. The number of nitrogens with zero attached hydrogens (tertiary/aromatic N) is 1. The van der Waals surface area contributed by atoms with Crippen molar-refractivity contribution in [1.29, 1.82) is 0 Å². The lowest BCUT2D eigenvalue weighted by Gasteiger charge is -2.13. The summed E-state index contributed by atoms with van der Waals surface area (Å²) in [7, 11) is 3.99. The molecule has 0 aliphatic carbocycles. The second kappa shape index (κ2) is 7.79. The lowest BCUT2D eigenvalue weighted by molar-refractivity contribution is -0.120. The van der Waals surface area contributed by atoms with Gasteiger partial charge in [0.1, 0.15) is 0 Å². The average molecular weight is 263 g/mol. The molecule has 1 amide bonds. The monoisotopic (exact) mass is 263 g/mol. The Kier molecular flexibility index (Phi) is 6.36. The van der Waals surface area contributed by atoms with Gasteiger partial charge in [-0.3, -0.25) is 4.79 Å². The van der Waals surface area contributed by atoms with Crippen LogP contribution in [-0.4, -0.2) is 44.5 Å². The van der Waals surface area contributed by atoms with Crippen molar-refractivity contribution in [1.82, 2.24) is 10.2 Å². The first-order valence-electron chi connectivity index (χ1n) is 6.72. The van der Waals surface area contributed by atoms with E-state index in [-0.39, 0.29) is 5.91 Å². The first-order valence-corrected chi connectivity index (χ1v) is 6.72. The van der Waals surface area contributed by atoms with Crippen LogP contribution in [0.3, 0.4) is 0 Å². The van der Waals surface area contributed by atoms with Crippen LogP contribution in [0.4, 0.5) is 5.69 Å². The van der Waals surface area contributed by atoms with E-state index in [1.807, 2.05) is 20.2 Å². The maximum Gasteiger partial charge on any atom is 0.221 e. The molecular formula is C15H25N3O. The normalized spacial score (nSPS) is 10.6. The van der Waals surface area contributed by atoms with Crippen molar-refractivity contribution in [2.75, 3.05) is 39.0 Å². The fourth-order valence-corrected chi connectivity index (χ4v) is 1.90. The quantitative estimate of drug-likeness (QED) is 0.788. The standard InChI is InChI=1S/C15H25N3O/c1-12-6-5-7-13(2)15(12)17-9-8-14(19)16-10-11-18(3)4/h5-7,17H,8-11H2,1-4H3,(H,16,19). The lowest BCUT2D eigenvalue weighted by atomic mass is 10.1. The first-order chi connectivity index (χ1) is 9.00. The minimum atomic E-state index is 0.0978. The SMILES string of the molecule is Cc1cccc(C)c1NCCC(=O)NCCN(C)C. The Bertz CT molecular complexity index is 396. The van der Waals surface area contributed by atoms with Crippen LogP contribution >= 0.6 is 0 Å². The topological polar surface area (TPSA) is 44.4 Å². The molecule has 0 aliphatic rings. The lowest BCUT2D eigenvalue weighted by Crippen LogP contribution is -2.32. The van der Waals surface area contributed by atoms with Gasteiger partial charge in [-0.1, -0.05) is 18.2 Å². The molecule has 2 N–H and O–H groups in total. The van der Waals surface area contributed by atoms with Crippen LogP contribution in [-0.2, 0) is 4.79 Å². The highest BCUT2D eigenvalue weighted by Crippen LogP contribution is 2.18. The summed E-state index contributed by atoms with van der Waals surface area (Å²) in [5.74, 6) is 0.0978. The summed E-state index contributed by atoms with van der Waals surface area (Å²) in [6, 6.07) is 6.20. The van der Waals surface area contributed by atoms with Crippen molar-refractivity contribution >= 4 is 11.6 Å². The van der Waals surface area contributed by atoms with Crippen LogP contribution in [0.15, 0.2) is 18.2 Å². The number of para-hydroxylation sites is 1. The van der Waals surface area contributed by atoms with Crippen LogP contribution in [0.2, 0.25) is 0 Å². The van der Waals surface area contributed by atoms with Crippen molar-refractivity contribution < 1.29 is 4.79 Å². The smallest absolute Gasteiger partial charge is 0.221 e. The number of benzene rings is 1. The molecule has 1 aromatic rings. The summed E-state index contributed by atoms with van der Waals surface area (Å²) in [5.41, 5.74) is 3.57. The molecule has 1 aromatic carbocycles. The van der Waals surface area contributed by atoms with E-state index in [9.17, 15) is 4.79 Å². The molecule has 0 saturated carbocycles. The Hall–Kier alpha value is -1.55. The number of hydrogen-bond acceptors (Lipinski definition) is 3. The first kappa shape index (κ1) is 15.5. The maximum absolute atomic E-state index is 11.6. The highest BCUT2D eigenvalue weighted by atomic mass is 16.1. The van der Waals surface area contributed by atoms with Gasteiger partial charge in [0, 0.05) is 31.7 Å². The fraction of sp³-hybridized carbons (Fsp3) is 0.533. The molecule has 0 heterocycles. The minimum Gasteiger partial charge on any atom is -0.384 e. The van der Waals surface area contributed by atoms with Gasteiger partial charge in [-0.25, -0.2) is 0 Å². The Labute approximate surface area is 116 Å². The summed E-state index contributed by atoms with van der Waals surface area (Å²) in [6.45, 7) is 6.39. The van der Waals surface area contributed by atoms with Gasteiger partial charge in [-0.2, -0.15) is 0 Å². The number of amides is 1. The van der Waals surface area contributed by atoms with Gasteiger partial charge >= 0.3 is 0 Å². The van der Waals surface area contributed by atoms with Gasteiger partial charge in [0.2, 0.25) is 5.91 Å². The zero-order valence-electron chi connectivity index (χ0n) is 12.4. The van der Waals surface area contributed by atoms with Crippen LogP contribution in [0, 0.1) is 13.8 Å². The number of anilines is 1. The van der Waals surface area contributed by atoms with Gasteiger partial charge in [-0.05, 0) is 39.1 Å². The summed E-state index contributed by atoms with van der Waals surface area (Å²) >= 11 is 0. The highest BCUT2D eigenvalue weighted by Gasteiger charge is 2.03. The Morgan fingerprint density at radius 2 is 1.79 bits per heavy atom. The molecule has 0 unspecified atom stereocenters. The van der Waals surface area contributed by atoms with E-state index in [4.69, 9.17) is 0 Å². The third-order valence-electron chi connectivity index (χ3n) is 3.02. The second-order valence-electron chi connectivity index (χ2n) is 5.10. The Balaban J connectivity index is 2.28. The molecule has 0 atom stereocenters. The molecule has 0 aliphatic heterocycles. The van der Waals surface area contributed by atoms with Gasteiger partial charge in [0.15, 0.2) is 0 Å². The molecule has 1 rings (SSSR count). The van der Waals surface area contributed by atoms with Crippen LogP contribution in [0.1, 0.15) is 17.5 Å². The third kappa shape index (κ3) is 5.75. The third-order valence-corrected chi connectivity index (χ3v) is 3.02. The highest BCUT2D eigenvalue weighted by molar-refractivity contribution is 5.76. The van der Waals surface area contributed by atoms with E-state index in [1.54, 1.807) is 0 Å². The van der Waals surface area contributed by atoms with Gasteiger partial charge in [0.25, 0.3) is 0 Å². The number of nitrogens with one attached hydrogen (secondary N) is 2. The van der Waals surface area contributed by atoms with Gasteiger partial charge in [-0.15, -0.1) is 0 Å². The molecule has 106 valence electrons. The van der Waals surface area contributed by atoms with Gasteiger partial charge < -0.3 is 15.5 Å². The van der Waals surface area contributed by atoms with Crippen molar-refractivity contribution in [2.24, 2.45) is 0 Å². The van der Waals surface area contributed by atoms with E-state index in [0.29, 0.717) is 19.5 Å². The number of likely N-dealkylation sites (N-methyl/N-ethyl adjacent to an activating group) is 1. The molecule has 4 heteroatoms. The van der Waals surface area contributed by atoms with Crippen molar-refractivity contribution in [2.45, 2.75) is 20.3 Å². The Morgan fingerprint density at radius 1 is 1.16 bits per heavy atom. The molecule has 0 saturated heterocycles. The summed E-state index contributed by atoms with van der Waals surface area (Å²) in [6.07, 6.45) is 0.501. The van der Waals surface area contributed by atoms with E-state index >= 15 is 0 Å². The average Bonchev–Trinajstić information content (AvgIpc) is 2.32. The largest absolute Gasteiger partial charge is 0.384 e. The minimum absolute atomic E-state index is 0.0978. The maximum atomic E-state index is 11.6. The van der Waals surface area contributed by atoms with Gasteiger partial charge in [0.05, 0.1) is 0 Å². The molecule has 4 nitrogen and oxygen atoms in total. The van der Waals surface area contributed by atoms with Crippen molar-refractivity contribution in [3.8, 4) is 0 Å². The fourth-order valence-electron chi connectivity index (χ4n) is 1.90. The molecule has 0 radical (unpaired) electrons. The number of rotatable bonds is 7. The van der Waals surface area contributed by atoms with E-state index < -0.39 is 0 Å². The van der Waals surface area contributed by atoms with E-state index in [1.165, 1.54) is 11.1 Å². The van der Waals surface area contributed by atoms with E-state index in [2.05, 4.69) is 41.5 Å². The number of carbonyl (C=O) groups excluding carboxylic acids is 1. The predicted octanol–water partition coefficient (Wildman–Crippen LogP) is 1.78. The zero-order valence-corrected chi connectivity index (χ0v) is 12.4. The summed E-state index contributed by atoms with van der Waals surface area (Å²) in [4.78, 5) is 13.7. The number of aryl methyl sites for hydroxylation is 2. The molecule has 0 fully saturated rings. The zero-order chi connectivity index (χ0) is 14.3. The molecule has 0 bridgehead atoms. The number of carbonyl (C=O) groups is 1. The van der Waals surface area contributed by atoms with Crippen LogP contribution in [0.5, 0.6) is 0 Å². The van der Waals surface area contributed by atoms with Crippen molar-refractivity contribution in [3.05, 3.63) is 29.3 Å². The molecular weight excluding hydrogens is 238 g/mol. The summed E-state index contributed by atoms with van der Waals surface area (Å²) < 4.78 is 0. The van der Waals surface area contributed by atoms with Crippen molar-refractivity contribution in [3.63, 3.8) is 0 Å². The predicted molar refractivity (Wildman–Crippen MR) is 80.6 cm³/mol. The van der Waals surface area contributed by atoms with E-state index in [0.717, 1.165) is 12.2 Å².